The van der Waals surface area contributed by atoms with E-state index >= 15 is 0 Å². The van der Waals surface area contributed by atoms with Crippen LogP contribution in [0.3, 0.4) is 0 Å². The summed E-state index contributed by atoms with van der Waals surface area (Å²) >= 11 is 1.51. The van der Waals surface area contributed by atoms with Crippen LogP contribution in [0.2, 0.25) is 0 Å². The molecule has 0 aromatic carbocycles. The molecule has 35 valence electrons. The van der Waals surface area contributed by atoms with Crippen LogP contribution >= 0.6 is 11.9 Å². The van der Waals surface area contributed by atoms with E-state index in [2.05, 4.69) is 4.72 Å². The van der Waals surface area contributed by atoms with E-state index in [1.54, 1.807) is 0 Å². The maximum atomic E-state index is 7.03. The lowest BCUT2D eigenvalue weighted by Crippen LogP contribution is -1.94. The van der Waals surface area contributed by atoms with Gasteiger partial charge in [0.05, 0.1) is 5.37 Å². The van der Waals surface area contributed by atoms with Crippen LogP contribution in [0.15, 0.2) is 0 Å². The Morgan fingerprint density at radius 1 is 1.83 bits per heavy atom. The van der Waals surface area contributed by atoms with Gasteiger partial charge in [-0.05, 0) is 6.42 Å². The Labute approximate surface area is 41.6 Å². The predicted octanol–water partition coefficient (Wildman–Crippen LogP) is 0.237. The van der Waals surface area contributed by atoms with Crippen LogP contribution < -0.4 is 10.5 Å². The van der Waals surface area contributed by atoms with E-state index < -0.39 is 0 Å². The molecule has 1 unspecified atom stereocenters. The summed E-state index contributed by atoms with van der Waals surface area (Å²) < 4.78 is 3.00. The molecule has 0 bridgehead atoms. The molecule has 1 saturated heterocycles. The van der Waals surface area contributed by atoms with Crippen LogP contribution in [0.4, 0.5) is 0 Å². The Morgan fingerprint density at radius 2 is 2.67 bits per heavy atom. The number of hydrogen-bond donors (Lipinski definition) is 1. The SMILES string of the molecule is [NH]C1CCNS1. The summed E-state index contributed by atoms with van der Waals surface area (Å²) in [6, 6.07) is 0. The first kappa shape index (κ1) is 4.43. The van der Waals surface area contributed by atoms with Gasteiger partial charge in [0.1, 0.15) is 0 Å². The van der Waals surface area contributed by atoms with Crippen LogP contribution in [0, 0.1) is 0 Å². The van der Waals surface area contributed by atoms with Crippen molar-refractivity contribution in [3.05, 3.63) is 0 Å². The minimum atomic E-state index is 0.102. The largest absolute Gasteiger partial charge is 0.263 e. The third kappa shape index (κ3) is 0.864. The van der Waals surface area contributed by atoms with Gasteiger partial charge in [-0.2, -0.15) is 0 Å². The standard InChI is InChI=1S/C3H7N2S/c4-3-1-2-5-6-3/h3-5H,1-2H2. The van der Waals surface area contributed by atoms with Crippen LogP contribution in [-0.2, 0) is 0 Å². The van der Waals surface area contributed by atoms with Crippen molar-refractivity contribution < 1.29 is 0 Å². The van der Waals surface area contributed by atoms with E-state index in [1.165, 1.54) is 11.9 Å². The summed E-state index contributed by atoms with van der Waals surface area (Å²) in [7, 11) is 0. The molecule has 0 aromatic heterocycles. The summed E-state index contributed by atoms with van der Waals surface area (Å²) in [6.45, 7) is 1.01. The molecule has 1 fully saturated rings. The van der Waals surface area contributed by atoms with Gasteiger partial charge in [0.15, 0.2) is 0 Å². The van der Waals surface area contributed by atoms with Crippen molar-refractivity contribution in [3.63, 3.8) is 0 Å². The smallest absolute Gasteiger partial charge is 0.0823 e. The zero-order valence-electron chi connectivity index (χ0n) is 3.40. The van der Waals surface area contributed by atoms with Crippen LogP contribution in [0.25, 0.3) is 0 Å². The second-order valence-electron chi connectivity index (χ2n) is 1.29. The Hall–Kier alpha value is 0.270. The van der Waals surface area contributed by atoms with Gasteiger partial charge in [0, 0.05) is 6.54 Å². The first-order chi connectivity index (χ1) is 2.89. The average Bonchev–Trinajstić information content (AvgIpc) is 1.86. The van der Waals surface area contributed by atoms with Crippen molar-refractivity contribution in [1.29, 1.82) is 0 Å². The summed E-state index contributed by atoms with van der Waals surface area (Å²) in [5.41, 5.74) is 7.03. The molecule has 1 aliphatic heterocycles. The maximum Gasteiger partial charge on any atom is 0.0823 e. The molecule has 3 heteroatoms. The molecular formula is C3H7N2S. The van der Waals surface area contributed by atoms with Crippen molar-refractivity contribution in [2.45, 2.75) is 11.8 Å². The lowest BCUT2D eigenvalue weighted by molar-refractivity contribution is 0.809. The van der Waals surface area contributed by atoms with E-state index in [-0.39, 0.29) is 5.37 Å². The summed E-state index contributed by atoms with van der Waals surface area (Å²) in [6.07, 6.45) is 1.00. The Kier molecular flexibility index (Phi) is 1.34. The lowest BCUT2D eigenvalue weighted by atomic mass is 10.4. The molecular weight excluding hydrogens is 96.1 g/mol. The number of hydrogen-bond acceptors (Lipinski definition) is 2. The van der Waals surface area contributed by atoms with Crippen molar-refractivity contribution >= 4 is 11.9 Å². The van der Waals surface area contributed by atoms with Gasteiger partial charge in [-0.3, -0.25) is 4.72 Å². The van der Waals surface area contributed by atoms with Crippen molar-refractivity contribution in [2.75, 3.05) is 6.54 Å². The molecule has 1 atom stereocenters. The molecule has 1 radical (unpaired) electrons. The zero-order valence-corrected chi connectivity index (χ0v) is 4.22. The van der Waals surface area contributed by atoms with Crippen molar-refractivity contribution in [2.24, 2.45) is 0 Å². The molecule has 0 amide bonds. The van der Waals surface area contributed by atoms with E-state index in [1.807, 2.05) is 0 Å². The van der Waals surface area contributed by atoms with Gasteiger partial charge < -0.3 is 0 Å². The quantitative estimate of drug-likeness (QED) is 0.446. The first-order valence-electron chi connectivity index (χ1n) is 1.99. The highest BCUT2D eigenvalue weighted by Crippen LogP contribution is 2.11. The lowest BCUT2D eigenvalue weighted by Gasteiger charge is -1.89. The highest BCUT2D eigenvalue weighted by molar-refractivity contribution is 7.98. The van der Waals surface area contributed by atoms with Crippen molar-refractivity contribution in [3.8, 4) is 0 Å². The van der Waals surface area contributed by atoms with Crippen LogP contribution in [-0.4, -0.2) is 11.9 Å². The van der Waals surface area contributed by atoms with Gasteiger partial charge in [-0.15, -0.1) is 0 Å². The molecule has 1 aliphatic rings. The third-order valence-corrected chi connectivity index (χ3v) is 1.63. The predicted molar refractivity (Wildman–Crippen MR) is 27.1 cm³/mol. The maximum absolute atomic E-state index is 7.03. The third-order valence-electron chi connectivity index (χ3n) is 0.734. The second kappa shape index (κ2) is 1.82. The monoisotopic (exact) mass is 103 g/mol. The number of rotatable bonds is 0. The molecule has 0 saturated carbocycles. The van der Waals surface area contributed by atoms with E-state index in [0.717, 1.165) is 13.0 Å². The average molecular weight is 103 g/mol. The minimum absolute atomic E-state index is 0.102. The van der Waals surface area contributed by atoms with Crippen molar-refractivity contribution in [1.82, 2.24) is 10.5 Å². The van der Waals surface area contributed by atoms with Crippen LogP contribution in [0.5, 0.6) is 0 Å². The fourth-order valence-corrected chi connectivity index (χ4v) is 1.08. The topological polar surface area (TPSA) is 35.8 Å². The molecule has 6 heavy (non-hydrogen) atoms. The van der Waals surface area contributed by atoms with Gasteiger partial charge in [0.25, 0.3) is 0 Å². The Morgan fingerprint density at radius 3 is 2.83 bits per heavy atom. The summed E-state index contributed by atoms with van der Waals surface area (Å²) in [5.74, 6) is 0. The highest BCUT2D eigenvalue weighted by atomic mass is 32.2. The molecule has 0 aromatic rings. The molecule has 0 spiro atoms. The normalized spacial score (nSPS) is 34.5. The molecule has 1 rings (SSSR count). The molecule has 1 heterocycles. The Balaban J connectivity index is 2.18. The summed E-state index contributed by atoms with van der Waals surface area (Å²) in [4.78, 5) is 0. The van der Waals surface area contributed by atoms with E-state index in [9.17, 15) is 0 Å². The summed E-state index contributed by atoms with van der Waals surface area (Å²) in [5, 5.41) is 0.102. The second-order valence-corrected chi connectivity index (χ2v) is 2.38. The van der Waals surface area contributed by atoms with Gasteiger partial charge in [0.2, 0.25) is 0 Å². The van der Waals surface area contributed by atoms with Gasteiger partial charge >= 0.3 is 0 Å². The highest BCUT2D eigenvalue weighted by Gasteiger charge is 2.08. The van der Waals surface area contributed by atoms with Gasteiger partial charge in [-0.1, -0.05) is 11.9 Å². The zero-order chi connectivity index (χ0) is 4.41. The van der Waals surface area contributed by atoms with Crippen LogP contribution in [0.1, 0.15) is 6.42 Å². The van der Waals surface area contributed by atoms with E-state index in [4.69, 9.17) is 5.73 Å². The van der Waals surface area contributed by atoms with E-state index in [0.29, 0.717) is 0 Å². The fraction of sp³-hybridized carbons (Fsp3) is 1.00. The molecule has 2 N–H and O–H groups in total. The number of nitrogens with one attached hydrogen (secondary N) is 2. The van der Waals surface area contributed by atoms with Gasteiger partial charge in [-0.25, -0.2) is 5.73 Å². The fourth-order valence-electron chi connectivity index (χ4n) is 0.408. The minimum Gasteiger partial charge on any atom is -0.263 e. The molecule has 0 aliphatic carbocycles. The molecule has 2 nitrogen and oxygen atoms in total. The first-order valence-corrected chi connectivity index (χ1v) is 2.87. The Bertz CT molecular complexity index is 42.1.